The lowest BCUT2D eigenvalue weighted by atomic mass is 10.2. The van der Waals surface area contributed by atoms with Crippen LogP contribution in [0.3, 0.4) is 0 Å². The Balaban J connectivity index is 1.94. The molecule has 23 heavy (non-hydrogen) atoms. The number of carboxylic acid groups (broad SMARTS) is 1. The zero-order valence-corrected chi connectivity index (χ0v) is 12.5. The molecule has 8 heteroatoms. The minimum atomic E-state index is -1.11. The number of ether oxygens (including phenoxy) is 2. The van der Waals surface area contributed by atoms with Gasteiger partial charge in [-0.05, 0) is 36.8 Å². The van der Waals surface area contributed by atoms with Crippen LogP contribution in [0.15, 0.2) is 30.5 Å². The molecule has 1 aromatic carbocycles. The third-order valence-corrected chi connectivity index (χ3v) is 2.86. The third kappa shape index (κ3) is 5.03. The van der Waals surface area contributed by atoms with Crippen LogP contribution in [0.4, 0.5) is 4.79 Å². The van der Waals surface area contributed by atoms with Crippen molar-refractivity contribution in [3.8, 4) is 17.0 Å². The molecule has 3 N–H and O–H groups in total. The van der Waals surface area contributed by atoms with E-state index in [2.05, 4.69) is 15.3 Å². The number of benzene rings is 1. The van der Waals surface area contributed by atoms with Crippen molar-refractivity contribution in [2.75, 3.05) is 13.2 Å². The Hall–Kier alpha value is -3.03. The summed E-state index contributed by atoms with van der Waals surface area (Å²) in [6.45, 7) is 2.02. The molecule has 0 aliphatic carbocycles. The number of nitrogens with zero attached hydrogens (tertiary/aromatic N) is 1. The molecular formula is C15H17N3O5. The second-order valence-corrected chi connectivity index (χ2v) is 4.52. The Morgan fingerprint density at radius 3 is 2.70 bits per heavy atom. The van der Waals surface area contributed by atoms with Crippen molar-refractivity contribution in [1.82, 2.24) is 15.3 Å². The molecule has 0 spiro atoms. The van der Waals surface area contributed by atoms with E-state index in [0.717, 1.165) is 11.3 Å². The summed E-state index contributed by atoms with van der Waals surface area (Å²) in [5.41, 5.74) is 1.62. The Morgan fingerprint density at radius 2 is 2.04 bits per heavy atom. The van der Waals surface area contributed by atoms with Crippen LogP contribution in [0, 0.1) is 0 Å². The van der Waals surface area contributed by atoms with Crippen LogP contribution in [0.2, 0.25) is 0 Å². The van der Waals surface area contributed by atoms with E-state index in [1.54, 1.807) is 25.3 Å². The first kappa shape index (κ1) is 16.3. The molecule has 122 valence electrons. The number of carbonyl (C=O) groups excluding carboxylic acids is 1. The Bertz CT molecular complexity index is 666. The van der Waals surface area contributed by atoms with E-state index in [-0.39, 0.29) is 13.2 Å². The molecule has 1 aromatic heterocycles. The van der Waals surface area contributed by atoms with Gasteiger partial charge in [-0.25, -0.2) is 14.6 Å². The number of aromatic amines is 1. The second-order valence-electron chi connectivity index (χ2n) is 4.52. The first-order valence-corrected chi connectivity index (χ1v) is 6.98. The number of H-pyrrole nitrogens is 1. The van der Waals surface area contributed by atoms with Crippen molar-refractivity contribution in [1.29, 1.82) is 0 Å². The highest BCUT2D eigenvalue weighted by Crippen LogP contribution is 2.20. The summed E-state index contributed by atoms with van der Waals surface area (Å²) in [7, 11) is 0. The summed E-state index contributed by atoms with van der Waals surface area (Å²) in [6.07, 6.45) is 0.513. The number of aromatic nitrogens is 2. The van der Waals surface area contributed by atoms with Crippen LogP contribution in [0.1, 0.15) is 12.7 Å². The molecular weight excluding hydrogens is 302 g/mol. The highest BCUT2D eigenvalue weighted by molar-refractivity contribution is 5.71. The lowest BCUT2D eigenvalue weighted by Gasteiger charge is -2.06. The maximum atomic E-state index is 11.2. The standard InChI is InChI=1S/C15H17N3O5/c1-2-22-14(19)9-23-11-5-3-10(4-6-11)12-7-16-13(18-12)8-17-15(20)21/h3-7,17H,2,8-9H2,1H3,(H,16,18)(H,20,21). The van der Waals surface area contributed by atoms with Crippen LogP contribution in [0.25, 0.3) is 11.3 Å². The normalized spacial score (nSPS) is 10.1. The number of hydrogen-bond donors (Lipinski definition) is 3. The molecule has 0 radical (unpaired) electrons. The molecule has 0 aliphatic rings. The summed E-state index contributed by atoms with van der Waals surface area (Å²) >= 11 is 0. The molecule has 8 nitrogen and oxygen atoms in total. The van der Waals surface area contributed by atoms with Gasteiger partial charge in [0, 0.05) is 0 Å². The minimum absolute atomic E-state index is 0.107. The number of carbonyl (C=O) groups is 2. The smallest absolute Gasteiger partial charge is 0.405 e. The van der Waals surface area contributed by atoms with Crippen LogP contribution in [-0.2, 0) is 16.1 Å². The van der Waals surface area contributed by atoms with Gasteiger partial charge in [-0.15, -0.1) is 0 Å². The number of amides is 1. The SMILES string of the molecule is CCOC(=O)COc1ccc(-c2cnc(CNC(=O)O)[nH]2)cc1. The molecule has 0 atom stereocenters. The highest BCUT2D eigenvalue weighted by Gasteiger charge is 2.06. The molecule has 2 rings (SSSR count). The van der Waals surface area contributed by atoms with Crippen LogP contribution < -0.4 is 10.1 Å². The van der Waals surface area contributed by atoms with Crippen molar-refractivity contribution < 1.29 is 24.2 Å². The van der Waals surface area contributed by atoms with Crippen LogP contribution in [0.5, 0.6) is 5.75 Å². The van der Waals surface area contributed by atoms with Gasteiger partial charge in [0.05, 0.1) is 25.0 Å². The molecule has 0 saturated carbocycles. The van der Waals surface area contributed by atoms with E-state index >= 15 is 0 Å². The predicted octanol–water partition coefficient (Wildman–Crippen LogP) is 1.79. The Morgan fingerprint density at radius 1 is 1.30 bits per heavy atom. The zero-order valence-electron chi connectivity index (χ0n) is 12.5. The molecule has 0 unspecified atom stereocenters. The summed E-state index contributed by atoms with van der Waals surface area (Å²) in [4.78, 5) is 28.8. The van der Waals surface area contributed by atoms with Crippen LogP contribution >= 0.6 is 0 Å². The summed E-state index contributed by atoms with van der Waals surface area (Å²) in [5.74, 6) is 0.653. The van der Waals surface area contributed by atoms with E-state index in [1.165, 1.54) is 0 Å². The topological polar surface area (TPSA) is 114 Å². The maximum absolute atomic E-state index is 11.2. The average Bonchev–Trinajstić information content (AvgIpc) is 3.01. The van der Waals surface area contributed by atoms with E-state index in [4.69, 9.17) is 14.6 Å². The number of rotatable bonds is 7. The number of nitrogens with one attached hydrogen (secondary N) is 2. The van der Waals surface area contributed by atoms with E-state index in [0.29, 0.717) is 18.2 Å². The fourth-order valence-electron chi connectivity index (χ4n) is 1.83. The summed E-state index contributed by atoms with van der Waals surface area (Å²) < 4.78 is 10.1. The van der Waals surface area contributed by atoms with Gasteiger partial charge in [-0.3, -0.25) is 0 Å². The fourth-order valence-corrected chi connectivity index (χ4v) is 1.83. The van der Waals surface area contributed by atoms with Crippen molar-refractivity contribution in [2.45, 2.75) is 13.5 Å². The Kier molecular flexibility index (Phi) is 5.56. The molecule has 0 bridgehead atoms. The van der Waals surface area contributed by atoms with E-state index < -0.39 is 12.1 Å². The van der Waals surface area contributed by atoms with Crippen molar-refractivity contribution in [3.63, 3.8) is 0 Å². The third-order valence-electron chi connectivity index (χ3n) is 2.86. The quantitative estimate of drug-likeness (QED) is 0.670. The molecule has 0 fully saturated rings. The largest absolute Gasteiger partial charge is 0.482 e. The zero-order chi connectivity index (χ0) is 16.7. The Labute approximate surface area is 132 Å². The van der Waals surface area contributed by atoms with E-state index in [1.807, 2.05) is 12.1 Å². The van der Waals surface area contributed by atoms with Gasteiger partial charge in [0.1, 0.15) is 11.6 Å². The van der Waals surface area contributed by atoms with Crippen molar-refractivity contribution >= 4 is 12.1 Å². The molecule has 0 saturated heterocycles. The fraction of sp³-hybridized carbons (Fsp3) is 0.267. The van der Waals surface area contributed by atoms with Gasteiger partial charge in [0.2, 0.25) is 0 Å². The summed E-state index contributed by atoms with van der Waals surface area (Å²) in [6, 6.07) is 7.07. The first-order valence-electron chi connectivity index (χ1n) is 6.98. The lowest BCUT2D eigenvalue weighted by Crippen LogP contribution is -2.20. The number of hydrogen-bond acceptors (Lipinski definition) is 5. The molecule has 2 aromatic rings. The minimum Gasteiger partial charge on any atom is -0.482 e. The van der Waals surface area contributed by atoms with Gasteiger partial charge in [-0.2, -0.15) is 0 Å². The predicted molar refractivity (Wildman–Crippen MR) is 81.0 cm³/mol. The first-order chi connectivity index (χ1) is 11.1. The van der Waals surface area contributed by atoms with Gasteiger partial charge >= 0.3 is 12.1 Å². The molecule has 1 heterocycles. The number of imidazole rings is 1. The van der Waals surface area contributed by atoms with Gasteiger partial charge in [0.15, 0.2) is 6.61 Å². The molecule has 1 amide bonds. The number of esters is 1. The lowest BCUT2D eigenvalue weighted by molar-refractivity contribution is -0.145. The van der Waals surface area contributed by atoms with Crippen molar-refractivity contribution in [2.24, 2.45) is 0 Å². The van der Waals surface area contributed by atoms with Gasteiger partial charge in [0.25, 0.3) is 0 Å². The second kappa shape index (κ2) is 7.83. The van der Waals surface area contributed by atoms with Crippen molar-refractivity contribution in [3.05, 3.63) is 36.3 Å². The summed E-state index contributed by atoms with van der Waals surface area (Å²) in [5, 5.41) is 10.8. The highest BCUT2D eigenvalue weighted by atomic mass is 16.6. The van der Waals surface area contributed by atoms with Crippen LogP contribution in [-0.4, -0.2) is 40.4 Å². The van der Waals surface area contributed by atoms with E-state index in [9.17, 15) is 9.59 Å². The van der Waals surface area contributed by atoms with Gasteiger partial charge in [-0.1, -0.05) is 0 Å². The average molecular weight is 319 g/mol. The van der Waals surface area contributed by atoms with Gasteiger partial charge < -0.3 is 24.9 Å². The molecule has 0 aliphatic heterocycles. The maximum Gasteiger partial charge on any atom is 0.405 e. The monoisotopic (exact) mass is 319 g/mol.